The van der Waals surface area contributed by atoms with Crippen LogP contribution in [0.15, 0.2) is 58.4 Å². The van der Waals surface area contributed by atoms with Crippen molar-refractivity contribution in [3.63, 3.8) is 0 Å². The van der Waals surface area contributed by atoms with E-state index < -0.39 is 6.10 Å². The Hall–Kier alpha value is -1.25. The van der Waals surface area contributed by atoms with Gasteiger partial charge >= 0.3 is 0 Å². The molecule has 2 N–H and O–H groups in total. The fraction of sp³-hybridized carbons (Fsp3) is 0.545. The van der Waals surface area contributed by atoms with Crippen molar-refractivity contribution in [2.75, 3.05) is 0 Å². The van der Waals surface area contributed by atoms with Gasteiger partial charge in [-0.1, -0.05) is 66.0 Å². The molecule has 0 saturated carbocycles. The van der Waals surface area contributed by atoms with E-state index in [1.807, 2.05) is 55.4 Å². The topological polar surface area (TPSA) is 40.5 Å². The van der Waals surface area contributed by atoms with Crippen LogP contribution < -0.4 is 0 Å². The van der Waals surface area contributed by atoms with E-state index in [9.17, 15) is 5.11 Å². The van der Waals surface area contributed by atoms with E-state index in [4.69, 9.17) is 16.7 Å². The molecule has 0 aromatic heterocycles. The van der Waals surface area contributed by atoms with Crippen molar-refractivity contribution in [3.05, 3.63) is 58.4 Å². The first kappa shape index (κ1) is 28.5. The highest BCUT2D eigenvalue weighted by molar-refractivity contribution is 6.32. The summed E-state index contributed by atoms with van der Waals surface area (Å²) in [6.07, 6.45) is -0.482. The summed E-state index contributed by atoms with van der Waals surface area (Å²) in [5.41, 5.74) is 3.84. The van der Waals surface area contributed by atoms with Crippen LogP contribution in [-0.4, -0.2) is 16.3 Å². The molecule has 0 aromatic rings. The van der Waals surface area contributed by atoms with Crippen LogP contribution in [-0.2, 0) is 0 Å². The van der Waals surface area contributed by atoms with Gasteiger partial charge in [0, 0.05) is 16.0 Å². The molecule has 0 aliphatic carbocycles. The lowest BCUT2D eigenvalue weighted by molar-refractivity contribution is 0.231. The standard InChI is InChI=1S/C12H20O.C8H13ClO.C2H6/c1-8(2)10(9(3)4)11(13)12(5,6)7;1-5(2)8(9)6(3)7(4)10;1-2/h13H,1,3H2,2,4-7H3;7,10H,1H2,2-4H3;1-2H3/b;8-6+;. The quantitative estimate of drug-likeness (QED) is 0.397. The van der Waals surface area contributed by atoms with E-state index in [-0.39, 0.29) is 5.41 Å². The Morgan fingerprint density at radius 2 is 1.20 bits per heavy atom. The normalized spacial score (nSPS) is 12.3. The minimum absolute atomic E-state index is 0.243. The van der Waals surface area contributed by atoms with Crippen LogP contribution in [0.2, 0.25) is 0 Å². The van der Waals surface area contributed by atoms with Crippen molar-refractivity contribution >= 4 is 11.6 Å². The highest BCUT2D eigenvalue weighted by atomic mass is 35.5. The maximum Gasteiger partial charge on any atom is 0.105 e. The summed E-state index contributed by atoms with van der Waals surface area (Å²) in [6, 6.07) is 0. The molecule has 1 unspecified atom stereocenters. The maximum atomic E-state index is 9.94. The number of rotatable bonds is 4. The van der Waals surface area contributed by atoms with Crippen LogP contribution in [0.1, 0.15) is 69.2 Å². The Balaban J connectivity index is -0.000000362. The van der Waals surface area contributed by atoms with Gasteiger partial charge in [-0.05, 0) is 56.9 Å². The average molecular weight is 371 g/mol. The number of allylic oxidation sites excluding steroid dienone is 6. The van der Waals surface area contributed by atoms with Crippen LogP contribution >= 0.6 is 11.6 Å². The summed E-state index contributed by atoms with van der Waals surface area (Å²) in [4.78, 5) is 0. The Labute approximate surface area is 161 Å². The van der Waals surface area contributed by atoms with E-state index in [1.165, 1.54) is 0 Å². The zero-order valence-corrected chi connectivity index (χ0v) is 18.7. The van der Waals surface area contributed by atoms with E-state index in [2.05, 4.69) is 19.7 Å². The molecule has 0 fully saturated rings. The smallest absolute Gasteiger partial charge is 0.105 e. The number of hydrogen-bond donors (Lipinski definition) is 2. The molecule has 0 heterocycles. The molecular formula is C22H39ClO2. The van der Waals surface area contributed by atoms with Crippen LogP contribution in [0.25, 0.3) is 0 Å². The number of aliphatic hydroxyl groups is 2. The van der Waals surface area contributed by atoms with Gasteiger partial charge < -0.3 is 10.2 Å². The zero-order valence-electron chi connectivity index (χ0n) is 18.0. The molecular weight excluding hydrogens is 332 g/mol. The lowest BCUT2D eigenvalue weighted by atomic mass is 9.86. The van der Waals surface area contributed by atoms with E-state index >= 15 is 0 Å². The highest BCUT2D eigenvalue weighted by Crippen LogP contribution is 2.31. The third-order valence-electron chi connectivity index (χ3n) is 3.15. The molecule has 0 saturated heterocycles. The molecule has 0 radical (unpaired) electrons. The van der Waals surface area contributed by atoms with Crippen molar-refractivity contribution in [2.45, 2.75) is 75.3 Å². The van der Waals surface area contributed by atoms with Crippen molar-refractivity contribution in [1.29, 1.82) is 0 Å². The Bertz CT molecular complexity index is 511. The lowest BCUT2D eigenvalue weighted by Crippen LogP contribution is -2.12. The van der Waals surface area contributed by atoms with Crippen LogP contribution in [0.5, 0.6) is 0 Å². The van der Waals surface area contributed by atoms with Crippen molar-refractivity contribution < 1.29 is 10.2 Å². The minimum atomic E-state index is -0.482. The summed E-state index contributed by atoms with van der Waals surface area (Å²) < 4.78 is 0. The zero-order chi connectivity index (χ0) is 21.1. The van der Waals surface area contributed by atoms with Gasteiger partial charge in [0.1, 0.15) is 5.76 Å². The Morgan fingerprint density at radius 3 is 1.28 bits per heavy atom. The first-order valence-electron chi connectivity index (χ1n) is 8.60. The minimum Gasteiger partial charge on any atom is -0.511 e. The second kappa shape index (κ2) is 13.0. The summed E-state index contributed by atoms with van der Waals surface area (Å²) in [5, 5.41) is 19.6. The first-order valence-corrected chi connectivity index (χ1v) is 8.98. The third-order valence-corrected chi connectivity index (χ3v) is 3.77. The molecule has 0 amide bonds. The molecule has 0 aliphatic heterocycles. The first-order chi connectivity index (χ1) is 11.1. The molecule has 1 atom stereocenters. The number of hydrogen-bond acceptors (Lipinski definition) is 2. The summed E-state index contributed by atoms with van der Waals surface area (Å²) >= 11 is 5.78. The Morgan fingerprint density at radius 1 is 0.880 bits per heavy atom. The third kappa shape index (κ3) is 11.9. The highest BCUT2D eigenvalue weighted by Gasteiger charge is 2.21. The summed E-state index contributed by atoms with van der Waals surface area (Å²) in [6.45, 7) is 30.3. The molecule has 0 rings (SSSR count). The van der Waals surface area contributed by atoms with Crippen molar-refractivity contribution in [3.8, 4) is 0 Å². The maximum absolute atomic E-state index is 9.94. The van der Waals surface area contributed by atoms with Crippen LogP contribution in [0, 0.1) is 5.41 Å². The van der Waals surface area contributed by atoms with Crippen LogP contribution in [0.4, 0.5) is 0 Å². The van der Waals surface area contributed by atoms with Gasteiger partial charge in [0.05, 0.1) is 6.10 Å². The Kier molecular flexibility index (Phi) is 14.9. The molecule has 3 heteroatoms. The van der Waals surface area contributed by atoms with E-state index in [1.54, 1.807) is 13.8 Å². The number of aliphatic hydroxyl groups excluding tert-OH is 2. The molecule has 25 heavy (non-hydrogen) atoms. The fourth-order valence-corrected chi connectivity index (χ4v) is 1.82. The predicted molar refractivity (Wildman–Crippen MR) is 115 cm³/mol. The average Bonchev–Trinajstić information content (AvgIpc) is 2.46. The summed E-state index contributed by atoms with van der Waals surface area (Å²) in [7, 11) is 0. The van der Waals surface area contributed by atoms with Gasteiger partial charge in [0.25, 0.3) is 0 Å². The van der Waals surface area contributed by atoms with Crippen molar-refractivity contribution in [1.82, 2.24) is 0 Å². The molecule has 0 aliphatic rings. The second-order valence-corrected chi connectivity index (χ2v) is 7.37. The molecule has 0 spiro atoms. The molecule has 0 aromatic carbocycles. The monoisotopic (exact) mass is 370 g/mol. The SMILES string of the molecule is C=C(C)/C(Cl)=C(/C)C(C)O.C=C(C)C(C(=C)C)=C(O)C(C)(C)C.CC. The molecule has 0 bridgehead atoms. The summed E-state index contributed by atoms with van der Waals surface area (Å²) in [5.74, 6) is 0.368. The van der Waals surface area contributed by atoms with E-state index in [0.717, 1.165) is 27.9 Å². The van der Waals surface area contributed by atoms with Gasteiger partial charge in [0.2, 0.25) is 0 Å². The van der Waals surface area contributed by atoms with Gasteiger partial charge in [-0.15, -0.1) is 0 Å². The van der Waals surface area contributed by atoms with Gasteiger partial charge in [-0.3, -0.25) is 0 Å². The van der Waals surface area contributed by atoms with Gasteiger partial charge in [-0.25, -0.2) is 0 Å². The predicted octanol–water partition coefficient (Wildman–Crippen LogP) is 7.48. The largest absolute Gasteiger partial charge is 0.511 e. The lowest BCUT2D eigenvalue weighted by Gasteiger charge is -2.22. The fourth-order valence-electron chi connectivity index (χ4n) is 1.66. The number of halogens is 1. The van der Waals surface area contributed by atoms with Crippen LogP contribution in [0.3, 0.4) is 0 Å². The molecule has 2 nitrogen and oxygen atoms in total. The van der Waals surface area contributed by atoms with E-state index in [0.29, 0.717) is 10.8 Å². The molecule has 146 valence electrons. The van der Waals surface area contributed by atoms with Gasteiger partial charge in [-0.2, -0.15) is 0 Å². The van der Waals surface area contributed by atoms with Crippen molar-refractivity contribution in [2.24, 2.45) is 5.41 Å². The van der Waals surface area contributed by atoms with Gasteiger partial charge in [0.15, 0.2) is 0 Å². The second-order valence-electron chi connectivity index (χ2n) is 6.99.